The third-order valence-corrected chi connectivity index (χ3v) is 6.46. The lowest BCUT2D eigenvalue weighted by atomic mass is 10.0. The third kappa shape index (κ3) is 6.94. The summed E-state index contributed by atoms with van der Waals surface area (Å²) in [7, 11) is 1.96. The minimum absolute atomic E-state index is 0.00755. The fourth-order valence-corrected chi connectivity index (χ4v) is 4.25. The van der Waals surface area contributed by atoms with E-state index in [2.05, 4.69) is 21.6 Å². The highest BCUT2D eigenvalue weighted by molar-refractivity contribution is 5.77. The normalized spacial score (nSPS) is 17.8. The highest BCUT2D eigenvalue weighted by atomic mass is 19.3. The van der Waals surface area contributed by atoms with E-state index >= 15 is 0 Å². The van der Waals surface area contributed by atoms with E-state index in [9.17, 15) is 23.6 Å². The number of likely N-dealkylation sites (tertiary alicyclic amines) is 1. The summed E-state index contributed by atoms with van der Waals surface area (Å²) in [4.78, 5) is 26.9. The minimum Gasteiger partial charge on any atom is -0.483 e. The number of piperidine rings is 1. The first-order chi connectivity index (χ1) is 18.7. The van der Waals surface area contributed by atoms with E-state index in [1.807, 2.05) is 24.0 Å². The monoisotopic (exact) mass is 538 g/mol. The number of halogens is 2. The average Bonchev–Trinajstić information content (AvgIpc) is 3.70. The number of aliphatic hydroxyl groups is 1. The van der Waals surface area contributed by atoms with Crippen molar-refractivity contribution >= 4 is 18.1 Å². The number of hydrogen-bond donors (Lipinski definition) is 2. The van der Waals surface area contributed by atoms with E-state index in [1.165, 1.54) is 36.7 Å². The van der Waals surface area contributed by atoms with Crippen molar-refractivity contribution in [1.29, 1.82) is 5.26 Å². The van der Waals surface area contributed by atoms with Gasteiger partial charge in [-0.25, -0.2) is 13.8 Å². The average molecular weight is 539 g/mol. The molecule has 3 heterocycles. The Labute approximate surface area is 223 Å². The summed E-state index contributed by atoms with van der Waals surface area (Å²) >= 11 is 0. The van der Waals surface area contributed by atoms with Gasteiger partial charge in [0.1, 0.15) is 24.2 Å². The first-order valence-electron chi connectivity index (χ1n) is 12.4. The van der Waals surface area contributed by atoms with Crippen LogP contribution in [-0.2, 0) is 16.6 Å². The number of aromatic nitrogens is 3. The summed E-state index contributed by atoms with van der Waals surface area (Å²) in [5.41, 5.74) is 2.76. The van der Waals surface area contributed by atoms with Gasteiger partial charge in [-0.15, -0.1) is 0 Å². The summed E-state index contributed by atoms with van der Waals surface area (Å²) in [6.07, 6.45) is 7.13. The van der Waals surface area contributed by atoms with Crippen molar-refractivity contribution in [2.24, 2.45) is 7.05 Å². The maximum Gasteiger partial charge on any atom is 0.301 e. The van der Waals surface area contributed by atoms with Gasteiger partial charge in [0.2, 0.25) is 12.3 Å². The molecule has 2 aliphatic rings. The Morgan fingerprint density at radius 2 is 2.05 bits per heavy atom. The van der Waals surface area contributed by atoms with E-state index in [0.29, 0.717) is 23.4 Å². The number of hydrogen-bond acceptors (Lipinski definition) is 7. The van der Waals surface area contributed by atoms with Crippen LogP contribution in [0.5, 0.6) is 5.75 Å². The molecule has 2 amide bonds. The molecule has 0 radical (unpaired) electrons. The second-order valence-electron chi connectivity index (χ2n) is 9.37. The largest absolute Gasteiger partial charge is 0.483 e. The number of amides is 2. The van der Waals surface area contributed by atoms with Crippen LogP contribution < -0.4 is 10.1 Å². The molecule has 1 saturated heterocycles. The molecule has 1 saturated carbocycles. The number of rotatable bonds is 7. The molecule has 3 aromatic rings. The quantitative estimate of drug-likeness (QED) is 0.442. The predicted octanol–water partition coefficient (Wildman–Crippen LogP) is 3.09. The number of nitrogens with one attached hydrogen (secondary N) is 1. The van der Waals surface area contributed by atoms with Crippen LogP contribution in [0.3, 0.4) is 0 Å². The molecule has 10 nitrogen and oxygen atoms in total. The molecule has 12 heteroatoms. The smallest absolute Gasteiger partial charge is 0.301 e. The van der Waals surface area contributed by atoms with E-state index in [1.54, 1.807) is 18.2 Å². The fraction of sp³-hybridized carbons (Fsp3) is 0.370. The van der Waals surface area contributed by atoms with Gasteiger partial charge in [-0.2, -0.15) is 10.4 Å². The number of nitriles is 1. The van der Waals surface area contributed by atoms with Crippen LogP contribution in [0, 0.1) is 11.3 Å². The van der Waals surface area contributed by atoms with Gasteiger partial charge in [0.25, 0.3) is 0 Å². The van der Waals surface area contributed by atoms with Crippen molar-refractivity contribution in [3.05, 3.63) is 60.0 Å². The van der Waals surface area contributed by atoms with Crippen LogP contribution in [0.25, 0.3) is 11.1 Å². The van der Waals surface area contributed by atoms with Crippen molar-refractivity contribution in [2.75, 3.05) is 25.0 Å². The van der Waals surface area contributed by atoms with Crippen molar-refractivity contribution < 1.29 is 28.2 Å². The van der Waals surface area contributed by atoms with Gasteiger partial charge < -0.3 is 20.1 Å². The first-order valence-corrected chi connectivity index (χ1v) is 12.4. The number of nitrogens with zero attached hydrogens (tertiary/aromatic N) is 5. The Balaban J connectivity index is 0.000000327. The molecule has 1 aliphatic carbocycles. The third-order valence-electron chi connectivity index (χ3n) is 6.46. The molecule has 2 N–H and O–H groups in total. The molecule has 39 heavy (non-hydrogen) atoms. The predicted molar refractivity (Wildman–Crippen MR) is 137 cm³/mol. The highest BCUT2D eigenvalue weighted by Gasteiger charge is 2.47. The molecule has 204 valence electrons. The topological polar surface area (TPSA) is 133 Å². The second kappa shape index (κ2) is 12.0. The van der Waals surface area contributed by atoms with Gasteiger partial charge in [-0.3, -0.25) is 14.3 Å². The van der Waals surface area contributed by atoms with Gasteiger partial charge in [0.05, 0.1) is 18.3 Å². The van der Waals surface area contributed by atoms with Crippen LogP contribution in [0.2, 0.25) is 0 Å². The number of anilines is 1. The molecular formula is C27H28F2N6O4. The summed E-state index contributed by atoms with van der Waals surface area (Å²) in [5.74, 6) is -2.93. The van der Waals surface area contributed by atoms with Gasteiger partial charge in [0, 0.05) is 32.4 Å². The number of aliphatic hydroxyl groups excluding tert-OH is 1. The van der Waals surface area contributed by atoms with Crippen LogP contribution in [0.1, 0.15) is 36.3 Å². The number of ether oxygens (including phenoxy) is 1. The van der Waals surface area contributed by atoms with Crippen molar-refractivity contribution in [2.45, 2.75) is 37.2 Å². The van der Waals surface area contributed by atoms with Crippen LogP contribution in [-0.4, -0.2) is 68.8 Å². The number of carbonyl (C=O) groups is 2. The molecule has 5 rings (SSSR count). The molecule has 1 atom stereocenters. The fourth-order valence-electron chi connectivity index (χ4n) is 4.25. The summed E-state index contributed by atoms with van der Waals surface area (Å²) in [6, 6.07) is 9.76. The van der Waals surface area contributed by atoms with Gasteiger partial charge in [0.15, 0.2) is 6.10 Å². The molecule has 1 aliphatic heterocycles. The van der Waals surface area contributed by atoms with Crippen LogP contribution >= 0.6 is 0 Å². The standard InChI is InChI=1S/C20H18F2N4O4.C7H10N2/c21-20(22)11-26(19(29)10-27)6-4-17(20)30-16-2-1-13(7-15(16)9-23)14-3-5-24-18(8-14)25-12-28;1-9-5-7(4-8-9)6-2-3-6/h1-3,5,7-8,12,17,27H,4,6,10-11H2,(H,24,25,28);4-6H,2-3H2,1H3. The Morgan fingerprint density at radius 1 is 1.28 bits per heavy atom. The number of pyridine rings is 1. The molecule has 2 fully saturated rings. The Bertz CT molecular complexity index is 1370. The number of alkyl halides is 2. The van der Waals surface area contributed by atoms with E-state index in [0.717, 1.165) is 10.8 Å². The zero-order chi connectivity index (χ0) is 28.0. The molecule has 1 aromatic carbocycles. The molecular weight excluding hydrogens is 510 g/mol. The lowest BCUT2D eigenvalue weighted by Crippen LogP contribution is -2.55. The van der Waals surface area contributed by atoms with E-state index in [4.69, 9.17) is 9.84 Å². The highest BCUT2D eigenvalue weighted by Crippen LogP contribution is 2.39. The van der Waals surface area contributed by atoms with Crippen LogP contribution in [0.15, 0.2) is 48.9 Å². The van der Waals surface area contributed by atoms with Gasteiger partial charge >= 0.3 is 5.92 Å². The maximum absolute atomic E-state index is 14.5. The van der Waals surface area contributed by atoms with Crippen LogP contribution in [0.4, 0.5) is 14.6 Å². The molecule has 1 unspecified atom stereocenters. The van der Waals surface area contributed by atoms with Crippen molar-refractivity contribution in [3.8, 4) is 22.9 Å². The Morgan fingerprint density at radius 3 is 2.67 bits per heavy atom. The summed E-state index contributed by atoms with van der Waals surface area (Å²) in [6.45, 7) is -1.68. The van der Waals surface area contributed by atoms with Gasteiger partial charge in [-0.05, 0) is 59.7 Å². The molecule has 2 aromatic heterocycles. The second-order valence-corrected chi connectivity index (χ2v) is 9.37. The minimum atomic E-state index is -3.34. The number of carbonyl (C=O) groups excluding carboxylic acids is 2. The summed E-state index contributed by atoms with van der Waals surface area (Å²) < 4.78 is 36.3. The van der Waals surface area contributed by atoms with Gasteiger partial charge in [-0.1, -0.05) is 6.07 Å². The van der Waals surface area contributed by atoms with E-state index < -0.39 is 31.1 Å². The Hall–Kier alpha value is -4.37. The van der Waals surface area contributed by atoms with Crippen molar-refractivity contribution in [1.82, 2.24) is 19.7 Å². The zero-order valence-corrected chi connectivity index (χ0v) is 21.3. The molecule has 0 bridgehead atoms. The first kappa shape index (κ1) is 27.7. The lowest BCUT2D eigenvalue weighted by molar-refractivity contribution is -0.161. The number of benzene rings is 1. The van der Waals surface area contributed by atoms with Crippen molar-refractivity contribution in [3.63, 3.8) is 0 Å². The molecule has 0 spiro atoms. The maximum atomic E-state index is 14.5. The lowest BCUT2D eigenvalue weighted by Gasteiger charge is -2.38. The summed E-state index contributed by atoms with van der Waals surface area (Å²) in [5, 5.41) is 24.9. The number of aryl methyl sites for hydroxylation is 1. The zero-order valence-electron chi connectivity index (χ0n) is 21.3. The van der Waals surface area contributed by atoms with E-state index in [-0.39, 0.29) is 24.3 Å². The Kier molecular flexibility index (Phi) is 8.51. The SMILES string of the molecule is Cn1cc(C2CC2)cn1.N#Cc1cc(-c2ccnc(NC=O)c2)ccc1OC1CCN(C(=O)CO)CC1(F)F.